The highest BCUT2D eigenvalue weighted by atomic mass is 16.5. The molecule has 8 heteroatoms. The first-order chi connectivity index (χ1) is 9.93. The Balaban J connectivity index is 2.37. The van der Waals surface area contributed by atoms with Crippen LogP contribution in [0, 0.1) is 5.92 Å². The van der Waals surface area contributed by atoms with E-state index in [0.717, 1.165) is 12.8 Å². The van der Waals surface area contributed by atoms with Crippen LogP contribution in [0.25, 0.3) is 0 Å². The first-order valence-corrected chi connectivity index (χ1v) is 6.95. The number of likely N-dealkylation sites (tertiary alicyclic amines) is 1. The zero-order chi connectivity index (χ0) is 15.8. The summed E-state index contributed by atoms with van der Waals surface area (Å²) in [5.41, 5.74) is 0. The number of hydrogen-bond donors (Lipinski definition) is 3. The van der Waals surface area contributed by atoms with E-state index in [9.17, 15) is 14.4 Å². The van der Waals surface area contributed by atoms with E-state index in [4.69, 9.17) is 9.84 Å². The number of urea groups is 1. The van der Waals surface area contributed by atoms with E-state index < -0.39 is 18.0 Å². The molecule has 1 heterocycles. The maximum atomic E-state index is 12.0. The maximum absolute atomic E-state index is 12.0. The van der Waals surface area contributed by atoms with E-state index in [1.54, 1.807) is 4.90 Å². The molecule has 8 nitrogen and oxygen atoms in total. The fraction of sp³-hybridized carbons (Fsp3) is 0.769. The molecule has 21 heavy (non-hydrogen) atoms. The first kappa shape index (κ1) is 17.2. The summed E-state index contributed by atoms with van der Waals surface area (Å²) >= 11 is 0. The number of nitrogens with zero attached hydrogens (tertiary/aromatic N) is 1. The van der Waals surface area contributed by atoms with Gasteiger partial charge in [-0.05, 0) is 18.8 Å². The molecule has 1 rings (SSSR count). The summed E-state index contributed by atoms with van der Waals surface area (Å²) in [4.78, 5) is 35.4. The number of carboxylic acids is 1. The van der Waals surface area contributed by atoms with Gasteiger partial charge < -0.3 is 25.4 Å². The van der Waals surface area contributed by atoms with Gasteiger partial charge in [0.1, 0.15) is 0 Å². The third kappa shape index (κ3) is 5.99. The van der Waals surface area contributed by atoms with Gasteiger partial charge >= 0.3 is 12.0 Å². The van der Waals surface area contributed by atoms with E-state index in [2.05, 4.69) is 10.6 Å². The fourth-order valence-corrected chi connectivity index (χ4v) is 2.21. The molecule has 0 bridgehead atoms. The third-order valence-corrected chi connectivity index (χ3v) is 3.47. The highest BCUT2D eigenvalue weighted by Crippen LogP contribution is 2.16. The Morgan fingerprint density at radius 2 is 1.95 bits per heavy atom. The Hall–Kier alpha value is -1.83. The van der Waals surface area contributed by atoms with Crippen LogP contribution in [0.15, 0.2) is 0 Å². The molecule has 0 saturated carbocycles. The molecule has 120 valence electrons. The number of aliphatic carboxylic acids is 1. The Morgan fingerprint density at radius 3 is 2.43 bits per heavy atom. The zero-order valence-electron chi connectivity index (χ0n) is 12.4. The van der Waals surface area contributed by atoms with Gasteiger partial charge in [-0.3, -0.25) is 4.79 Å². The maximum Gasteiger partial charge on any atom is 0.328 e. The summed E-state index contributed by atoms with van der Waals surface area (Å²) in [6.45, 7) is 3.13. The Morgan fingerprint density at radius 1 is 1.33 bits per heavy atom. The molecule has 0 aromatic heterocycles. The number of piperidine rings is 1. The van der Waals surface area contributed by atoms with Crippen molar-refractivity contribution in [2.24, 2.45) is 5.92 Å². The van der Waals surface area contributed by atoms with Gasteiger partial charge in [0, 0.05) is 33.7 Å². The van der Waals surface area contributed by atoms with Crippen LogP contribution in [-0.4, -0.2) is 67.3 Å². The summed E-state index contributed by atoms with van der Waals surface area (Å²) in [6, 6.07) is -1.43. The van der Waals surface area contributed by atoms with Gasteiger partial charge in [-0.15, -0.1) is 0 Å². The molecule has 3 amide bonds. The normalized spacial score (nSPS) is 17.1. The highest BCUT2D eigenvalue weighted by Gasteiger charge is 2.26. The molecule has 0 radical (unpaired) electrons. The number of ether oxygens (including phenoxy) is 1. The lowest BCUT2D eigenvalue weighted by molar-refractivity contribution is -0.140. The van der Waals surface area contributed by atoms with Crippen molar-refractivity contribution in [3.8, 4) is 0 Å². The topological polar surface area (TPSA) is 108 Å². The molecule has 0 aromatic rings. The lowest BCUT2D eigenvalue weighted by Gasteiger charge is -2.32. The number of amides is 3. The molecule has 0 spiro atoms. The lowest BCUT2D eigenvalue weighted by atomic mass is 9.97. The van der Waals surface area contributed by atoms with E-state index >= 15 is 0 Å². The predicted octanol–water partition coefficient (Wildman–Crippen LogP) is -0.356. The van der Waals surface area contributed by atoms with Crippen LogP contribution in [0.1, 0.15) is 19.8 Å². The number of hydrogen-bond acceptors (Lipinski definition) is 4. The fourth-order valence-electron chi connectivity index (χ4n) is 2.21. The molecular weight excluding hydrogens is 278 g/mol. The van der Waals surface area contributed by atoms with Crippen molar-refractivity contribution < 1.29 is 24.2 Å². The van der Waals surface area contributed by atoms with Crippen molar-refractivity contribution in [3.05, 3.63) is 0 Å². The molecule has 1 aliphatic rings. The van der Waals surface area contributed by atoms with Crippen LogP contribution in [0.5, 0.6) is 0 Å². The average Bonchev–Trinajstić information content (AvgIpc) is 2.45. The molecule has 0 aliphatic carbocycles. The summed E-state index contributed by atoms with van der Waals surface area (Å²) in [7, 11) is 1.38. The number of methoxy groups -OCH3 is 1. The summed E-state index contributed by atoms with van der Waals surface area (Å²) in [6.07, 6.45) is 1.57. The van der Waals surface area contributed by atoms with Gasteiger partial charge in [0.25, 0.3) is 0 Å². The van der Waals surface area contributed by atoms with E-state index in [-0.39, 0.29) is 12.5 Å². The van der Waals surface area contributed by atoms with Crippen molar-refractivity contribution >= 4 is 17.9 Å². The van der Waals surface area contributed by atoms with Gasteiger partial charge in [0.15, 0.2) is 6.04 Å². The van der Waals surface area contributed by atoms with Crippen LogP contribution < -0.4 is 10.6 Å². The molecule has 1 saturated heterocycles. The molecule has 0 aromatic carbocycles. The van der Waals surface area contributed by atoms with Gasteiger partial charge in [-0.1, -0.05) is 0 Å². The smallest absolute Gasteiger partial charge is 0.328 e. The second-order valence-corrected chi connectivity index (χ2v) is 5.16. The van der Waals surface area contributed by atoms with Crippen molar-refractivity contribution in [1.29, 1.82) is 0 Å². The van der Waals surface area contributed by atoms with E-state index in [1.807, 2.05) is 0 Å². The molecule has 1 fully saturated rings. The average molecular weight is 301 g/mol. The number of carbonyl (C=O) groups excluding carboxylic acids is 2. The summed E-state index contributed by atoms with van der Waals surface area (Å²) in [5, 5.41) is 14.2. The predicted molar refractivity (Wildman–Crippen MR) is 74.8 cm³/mol. The molecular formula is C13H23N3O5. The number of nitrogens with one attached hydrogen (secondary N) is 2. The van der Waals surface area contributed by atoms with Gasteiger partial charge in [0.2, 0.25) is 5.91 Å². The minimum absolute atomic E-state index is 0.0564. The summed E-state index contributed by atoms with van der Waals surface area (Å²) in [5.74, 6) is -0.822. The SMILES string of the molecule is COCC(NC(=O)N1CCC(CNC(C)=O)CC1)C(=O)O. The lowest BCUT2D eigenvalue weighted by Crippen LogP contribution is -2.52. The Labute approximate surface area is 123 Å². The largest absolute Gasteiger partial charge is 0.480 e. The number of carbonyl (C=O) groups is 3. The zero-order valence-corrected chi connectivity index (χ0v) is 12.4. The summed E-state index contributed by atoms with van der Waals surface area (Å²) < 4.78 is 4.77. The minimum atomic E-state index is -1.12. The number of carboxylic acid groups (broad SMARTS) is 1. The molecule has 3 N–H and O–H groups in total. The quantitative estimate of drug-likeness (QED) is 0.621. The van der Waals surface area contributed by atoms with Crippen LogP contribution >= 0.6 is 0 Å². The van der Waals surface area contributed by atoms with Gasteiger partial charge in [-0.25, -0.2) is 9.59 Å². The van der Waals surface area contributed by atoms with Crippen LogP contribution in [0.3, 0.4) is 0 Å². The first-order valence-electron chi connectivity index (χ1n) is 6.95. The molecule has 1 atom stereocenters. The van der Waals surface area contributed by atoms with Crippen molar-refractivity contribution in [2.75, 3.05) is 33.4 Å². The highest BCUT2D eigenvalue weighted by molar-refractivity contribution is 5.82. The van der Waals surface area contributed by atoms with Crippen molar-refractivity contribution in [3.63, 3.8) is 0 Å². The second-order valence-electron chi connectivity index (χ2n) is 5.16. The Kier molecular flexibility index (Phi) is 6.93. The van der Waals surface area contributed by atoms with Crippen molar-refractivity contribution in [2.45, 2.75) is 25.8 Å². The van der Waals surface area contributed by atoms with Gasteiger partial charge in [0.05, 0.1) is 6.61 Å². The van der Waals surface area contributed by atoms with E-state index in [1.165, 1.54) is 14.0 Å². The molecule has 1 unspecified atom stereocenters. The van der Waals surface area contributed by atoms with Crippen LogP contribution in [-0.2, 0) is 14.3 Å². The monoisotopic (exact) mass is 301 g/mol. The van der Waals surface area contributed by atoms with Gasteiger partial charge in [-0.2, -0.15) is 0 Å². The second kappa shape index (κ2) is 8.46. The van der Waals surface area contributed by atoms with Crippen molar-refractivity contribution in [1.82, 2.24) is 15.5 Å². The third-order valence-electron chi connectivity index (χ3n) is 3.47. The minimum Gasteiger partial charge on any atom is -0.480 e. The Bertz CT molecular complexity index is 380. The van der Waals surface area contributed by atoms with Crippen LogP contribution in [0.2, 0.25) is 0 Å². The van der Waals surface area contributed by atoms with E-state index in [0.29, 0.717) is 25.6 Å². The van der Waals surface area contributed by atoms with Crippen LogP contribution in [0.4, 0.5) is 4.79 Å². The molecule has 1 aliphatic heterocycles. The number of rotatable bonds is 6. The standard InChI is InChI=1S/C13H23N3O5/c1-9(17)14-7-10-3-5-16(6-4-10)13(20)15-11(8-21-2)12(18)19/h10-11H,3-8H2,1-2H3,(H,14,17)(H,15,20)(H,18,19).